The van der Waals surface area contributed by atoms with Crippen molar-refractivity contribution in [3.8, 4) is 0 Å². The molecular weight excluding hydrogens is 405 g/mol. The Hall–Kier alpha value is -2.16. The highest BCUT2D eigenvalue weighted by Gasteiger charge is 2.27. The fraction of sp³-hybridized carbons (Fsp3) is 0.316. The number of carbonyl (C=O) groups excluding carboxylic acids is 1. The van der Waals surface area contributed by atoms with E-state index in [4.69, 9.17) is 5.73 Å². The molecule has 152 valence electrons. The summed E-state index contributed by atoms with van der Waals surface area (Å²) in [6.07, 6.45) is 2.79. The molecule has 0 spiro atoms. The van der Waals surface area contributed by atoms with Crippen LogP contribution in [0.25, 0.3) is 0 Å². The summed E-state index contributed by atoms with van der Waals surface area (Å²) < 4.78 is 40.6. The number of hydrogen-bond donors (Lipinski definition) is 2. The third-order valence-corrected chi connectivity index (χ3v) is 6.03. The molecule has 3 rings (SSSR count). The third kappa shape index (κ3) is 5.01. The number of likely N-dealkylation sites (tertiary alicyclic amines) is 1. The van der Waals surface area contributed by atoms with E-state index < -0.39 is 15.8 Å². The molecule has 1 unspecified atom stereocenters. The first-order valence-electron chi connectivity index (χ1n) is 8.80. The number of nitrogens with one attached hydrogen (secondary N) is 1. The molecule has 1 heterocycles. The largest absolute Gasteiger partial charge is 0.334 e. The van der Waals surface area contributed by atoms with Gasteiger partial charge in [-0.2, -0.15) is 0 Å². The van der Waals surface area contributed by atoms with Crippen LogP contribution in [0, 0.1) is 5.82 Å². The van der Waals surface area contributed by atoms with Crippen LogP contribution in [-0.2, 0) is 10.0 Å². The van der Waals surface area contributed by atoms with E-state index in [0.29, 0.717) is 18.7 Å². The Balaban J connectivity index is 0.00000280. The minimum absolute atomic E-state index is 0. The highest BCUT2D eigenvalue weighted by atomic mass is 35.5. The topological polar surface area (TPSA) is 92.5 Å². The maximum atomic E-state index is 13.0. The number of nitrogens with two attached hydrogens (primary N) is 1. The van der Waals surface area contributed by atoms with E-state index in [-0.39, 0.29) is 34.9 Å². The van der Waals surface area contributed by atoms with Crippen molar-refractivity contribution in [3.05, 3.63) is 59.9 Å². The summed E-state index contributed by atoms with van der Waals surface area (Å²) in [6.45, 7) is 1.00. The molecule has 1 fully saturated rings. The first-order valence-corrected chi connectivity index (χ1v) is 10.3. The summed E-state index contributed by atoms with van der Waals surface area (Å²) in [5.74, 6) is -0.675. The van der Waals surface area contributed by atoms with Crippen LogP contribution in [0.5, 0.6) is 0 Å². The Bertz CT molecular complexity index is 922. The molecule has 1 aliphatic rings. The summed E-state index contributed by atoms with van der Waals surface area (Å²) in [5.41, 5.74) is 6.32. The molecule has 0 saturated carbocycles. The maximum Gasteiger partial charge on any atom is 0.261 e. The Morgan fingerprint density at radius 1 is 1.18 bits per heavy atom. The van der Waals surface area contributed by atoms with Crippen LogP contribution in [0.2, 0.25) is 0 Å². The molecule has 0 bridgehead atoms. The van der Waals surface area contributed by atoms with Gasteiger partial charge in [0, 0.05) is 30.4 Å². The standard InChI is InChI=1S/C19H22FN3O3S.ClH/c20-15-7-9-16(10-8-15)22-27(25,26)18-6-3-4-14(12-18)19(24)23-11-2-1-5-17(23)13-21;/h3-4,6-10,12,17,22H,1-2,5,11,13,21H2;1H. The molecule has 28 heavy (non-hydrogen) atoms. The lowest BCUT2D eigenvalue weighted by Gasteiger charge is -2.35. The predicted octanol–water partition coefficient (Wildman–Crippen LogP) is 3.00. The van der Waals surface area contributed by atoms with Crippen LogP contribution in [0.15, 0.2) is 53.4 Å². The Kier molecular flexibility index (Phi) is 7.40. The highest BCUT2D eigenvalue weighted by Crippen LogP contribution is 2.22. The van der Waals surface area contributed by atoms with Gasteiger partial charge < -0.3 is 10.6 Å². The molecule has 1 saturated heterocycles. The second-order valence-electron chi connectivity index (χ2n) is 6.52. The number of halogens is 2. The number of rotatable bonds is 5. The molecule has 2 aromatic carbocycles. The van der Waals surface area contributed by atoms with Crippen LogP contribution in [0.1, 0.15) is 29.6 Å². The van der Waals surface area contributed by atoms with Crippen LogP contribution in [0.3, 0.4) is 0 Å². The third-order valence-electron chi connectivity index (χ3n) is 4.65. The molecule has 1 amide bonds. The Morgan fingerprint density at radius 3 is 2.57 bits per heavy atom. The van der Waals surface area contributed by atoms with E-state index in [2.05, 4.69) is 4.72 Å². The van der Waals surface area contributed by atoms with Crippen molar-refractivity contribution >= 4 is 34.0 Å². The lowest BCUT2D eigenvalue weighted by molar-refractivity contribution is 0.0623. The smallest absolute Gasteiger partial charge is 0.261 e. The van der Waals surface area contributed by atoms with Crippen molar-refractivity contribution in [2.45, 2.75) is 30.2 Å². The average molecular weight is 428 g/mol. The fourth-order valence-electron chi connectivity index (χ4n) is 3.21. The molecule has 9 heteroatoms. The molecule has 1 aliphatic heterocycles. The zero-order valence-electron chi connectivity index (χ0n) is 15.2. The van der Waals surface area contributed by atoms with Gasteiger partial charge in [0.1, 0.15) is 5.82 Å². The average Bonchev–Trinajstić information content (AvgIpc) is 2.69. The molecule has 1 atom stereocenters. The number of nitrogens with zero attached hydrogens (tertiary/aromatic N) is 1. The van der Waals surface area contributed by atoms with Gasteiger partial charge in [0.25, 0.3) is 15.9 Å². The Morgan fingerprint density at radius 2 is 1.89 bits per heavy atom. The van der Waals surface area contributed by atoms with Crippen LogP contribution in [0.4, 0.5) is 10.1 Å². The number of piperidine rings is 1. The van der Waals surface area contributed by atoms with E-state index in [0.717, 1.165) is 19.3 Å². The van der Waals surface area contributed by atoms with Crippen molar-refractivity contribution < 1.29 is 17.6 Å². The van der Waals surface area contributed by atoms with Crippen LogP contribution in [-0.4, -0.2) is 38.4 Å². The monoisotopic (exact) mass is 427 g/mol. The number of sulfonamides is 1. The van der Waals surface area contributed by atoms with Gasteiger partial charge in [0.05, 0.1) is 4.90 Å². The first kappa shape index (κ1) is 22.1. The number of amides is 1. The maximum absolute atomic E-state index is 13.0. The lowest BCUT2D eigenvalue weighted by atomic mass is 10.0. The van der Waals surface area contributed by atoms with Gasteiger partial charge in [-0.05, 0) is 61.7 Å². The van der Waals surface area contributed by atoms with Crippen LogP contribution < -0.4 is 10.5 Å². The van der Waals surface area contributed by atoms with E-state index in [1.165, 1.54) is 42.5 Å². The van der Waals surface area contributed by atoms with Gasteiger partial charge in [-0.25, -0.2) is 12.8 Å². The van der Waals surface area contributed by atoms with E-state index in [9.17, 15) is 17.6 Å². The van der Waals surface area contributed by atoms with Crippen molar-refractivity contribution in [1.82, 2.24) is 4.90 Å². The quantitative estimate of drug-likeness (QED) is 0.767. The predicted molar refractivity (Wildman–Crippen MR) is 109 cm³/mol. The van der Waals surface area contributed by atoms with Gasteiger partial charge >= 0.3 is 0 Å². The summed E-state index contributed by atoms with van der Waals surface area (Å²) in [4.78, 5) is 14.6. The molecular formula is C19H23ClFN3O3S. The van der Waals surface area contributed by atoms with E-state index in [1.54, 1.807) is 11.0 Å². The number of benzene rings is 2. The van der Waals surface area contributed by atoms with E-state index in [1.807, 2.05) is 0 Å². The zero-order chi connectivity index (χ0) is 19.4. The minimum Gasteiger partial charge on any atom is -0.334 e. The summed E-state index contributed by atoms with van der Waals surface area (Å²) in [6, 6.07) is 10.9. The van der Waals surface area contributed by atoms with Gasteiger partial charge in [-0.15, -0.1) is 12.4 Å². The fourth-order valence-corrected chi connectivity index (χ4v) is 4.31. The summed E-state index contributed by atoms with van der Waals surface area (Å²) >= 11 is 0. The van der Waals surface area contributed by atoms with Crippen molar-refractivity contribution in [2.24, 2.45) is 5.73 Å². The van der Waals surface area contributed by atoms with Gasteiger partial charge in [0.15, 0.2) is 0 Å². The molecule has 3 N–H and O–H groups in total. The van der Waals surface area contributed by atoms with Crippen LogP contribution >= 0.6 is 12.4 Å². The van der Waals surface area contributed by atoms with Gasteiger partial charge in [-0.1, -0.05) is 6.07 Å². The molecule has 0 aliphatic carbocycles. The molecule has 2 aromatic rings. The first-order chi connectivity index (χ1) is 12.9. The van der Waals surface area contributed by atoms with Crippen molar-refractivity contribution in [1.29, 1.82) is 0 Å². The number of anilines is 1. The SMILES string of the molecule is Cl.NCC1CCCCN1C(=O)c1cccc(S(=O)(=O)Nc2ccc(F)cc2)c1. The van der Waals surface area contributed by atoms with Gasteiger partial charge in [0.2, 0.25) is 0 Å². The normalized spacial score (nSPS) is 16.9. The van der Waals surface area contributed by atoms with Gasteiger partial charge in [-0.3, -0.25) is 9.52 Å². The summed E-state index contributed by atoms with van der Waals surface area (Å²) in [7, 11) is -3.90. The lowest BCUT2D eigenvalue weighted by Crippen LogP contribution is -2.47. The minimum atomic E-state index is -3.90. The van der Waals surface area contributed by atoms with Crippen molar-refractivity contribution in [2.75, 3.05) is 17.8 Å². The van der Waals surface area contributed by atoms with E-state index >= 15 is 0 Å². The molecule has 0 radical (unpaired) electrons. The second-order valence-corrected chi connectivity index (χ2v) is 8.21. The number of hydrogen-bond acceptors (Lipinski definition) is 4. The second kappa shape index (κ2) is 9.36. The highest BCUT2D eigenvalue weighted by molar-refractivity contribution is 7.92. The number of carbonyl (C=O) groups is 1. The Labute approximate surface area is 170 Å². The molecule has 0 aromatic heterocycles. The molecule has 6 nitrogen and oxygen atoms in total. The summed E-state index contributed by atoms with van der Waals surface area (Å²) in [5, 5.41) is 0. The van der Waals surface area contributed by atoms with Crippen molar-refractivity contribution in [3.63, 3.8) is 0 Å². The zero-order valence-corrected chi connectivity index (χ0v) is 16.8.